The lowest BCUT2D eigenvalue weighted by molar-refractivity contribution is 0.300. The lowest BCUT2D eigenvalue weighted by Gasteiger charge is -2.14. The number of imidazole rings is 1. The predicted octanol–water partition coefficient (Wildman–Crippen LogP) is 5.42. The van der Waals surface area contributed by atoms with E-state index in [0.717, 1.165) is 50.3 Å². The summed E-state index contributed by atoms with van der Waals surface area (Å²) in [5, 5.41) is 9.68. The number of hydrogen-bond donors (Lipinski definition) is 0. The van der Waals surface area contributed by atoms with E-state index in [1.807, 2.05) is 55.7 Å². The molecule has 1 aliphatic heterocycles. The Balaban J connectivity index is 1.60. The van der Waals surface area contributed by atoms with E-state index < -0.39 is 0 Å². The molecule has 164 valence electrons. The Morgan fingerprint density at radius 2 is 2.03 bits per heavy atom. The average Bonchev–Trinajstić information content (AvgIpc) is 3.08. The van der Waals surface area contributed by atoms with E-state index in [-0.39, 0.29) is 0 Å². The second-order valence-corrected chi connectivity index (χ2v) is 8.10. The molecule has 0 spiro atoms. The summed E-state index contributed by atoms with van der Waals surface area (Å²) in [5.41, 5.74) is 8.41. The summed E-state index contributed by atoms with van der Waals surface area (Å²) in [4.78, 5) is 9.25. The van der Waals surface area contributed by atoms with Gasteiger partial charge in [-0.2, -0.15) is 10.2 Å². The van der Waals surface area contributed by atoms with Crippen molar-refractivity contribution in [2.24, 2.45) is 0 Å². The molecule has 4 aromatic rings. The van der Waals surface area contributed by atoms with Crippen LogP contribution in [0.5, 0.6) is 11.8 Å². The molecule has 0 aliphatic carbocycles. The van der Waals surface area contributed by atoms with Gasteiger partial charge in [0.15, 0.2) is 5.65 Å². The number of allylic oxidation sites excluding steroid dienone is 1. The topological polar surface area (TPSA) is 73.0 Å². The fourth-order valence-corrected chi connectivity index (χ4v) is 4.35. The minimum atomic E-state index is 0.433. The van der Waals surface area contributed by atoms with Gasteiger partial charge in [0, 0.05) is 22.9 Å². The molecule has 0 saturated heterocycles. The van der Waals surface area contributed by atoms with Crippen LogP contribution in [-0.4, -0.2) is 21.1 Å². The van der Waals surface area contributed by atoms with Crippen molar-refractivity contribution >= 4 is 16.7 Å². The molecule has 2 aromatic carbocycles. The van der Waals surface area contributed by atoms with Crippen LogP contribution in [0.3, 0.4) is 0 Å². The van der Waals surface area contributed by atoms with Crippen LogP contribution in [0.25, 0.3) is 16.7 Å². The zero-order valence-electron chi connectivity index (χ0n) is 18.9. The molecule has 1 aliphatic rings. The monoisotopic (exact) mass is 436 g/mol. The van der Waals surface area contributed by atoms with Gasteiger partial charge in [0.25, 0.3) is 6.01 Å². The van der Waals surface area contributed by atoms with E-state index in [1.165, 1.54) is 0 Å². The van der Waals surface area contributed by atoms with Crippen molar-refractivity contribution in [1.82, 2.24) is 14.5 Å². The Morgan fingerprint density at radius 3 is 2.85 bits per heavy atom. The number of hydrogen-bond acceptors (Lipinski definition) is 5. The number of nitrogens with zero attached hydrogens (tertiary/aromatic N) is 4. The van der Waals surface area contributed by atoms with Crippen LogP contribution in [0.15, 0.2) is 60.3 Å². The fourth-order valence-electron chi connectivity index (χ4n) is 4.35. The third-order valence-corrected chi connectivity index (χ3v) is 5.94. The summed E-state index contributed by atoms with van der Waals surface area (Å²) in [6, 6.07) is 19.1. The number of rotatable bonds is 4. The number of nitriles is 1. The zero-order chi connectivity index (χ0) is 22.9. The Labute approximate surface area is 192 Å². The second-order valence-electron chi connectivity index (χ2n) is 8.10. The van der Waals surface area contributed by atoms with E-state index >= 15 is 0 Å². The maximum atomic E-state index is 9.68. The van der Waals surface area contributed by atoms with Gasteiger partial charge in [-0.3, -0.25) is 4.57 Å². The van der Waals surface area contributed by atoms with Crippen molar-refractivity contribution in [3.05, 3.63) is 88.1 Å². The normalized spacial score (nSPS) is 14.0. The van der Waals surface area contributed by atoms with Gasteiger partial charge >= 0.3 is 0 Å². The average molecular weight is 437 g/mol. The molecule has 6 nitrogen and oxygen atoms in total. The number of ether oxygens (including phenoxy) is 2. The van der Waals surface area contributed by atoms with E-state index in [1.54, 1.807) is 6.20 Å². The van der Waals surface area contributed by atoms with Gasteiger partial charge < -0.3 is 9.47 Å². The van der Waals surface area contributed by atoms with Crippen LogP contribution >= 0.6 is 0 Å². The molecule has 0 bridgehead atoms. The molecule has 0 radical (unpaired) electrons. The van der Waals surface area contributed by atoms with Gasteiger partial charge in [-0.25, -0.2) is 4.98 Å². The van der Waals surface area contributed by atoms with Gasteiger partial charge in [-0.15, -0.1) is 0 Å². The van der Waals surface area contributed by atoms with Crippen molar-refractivity contribution in [1.29, 1.82) is 5.26 Å². The smallest absolute Gasteiger partial charge is 0.298 e. The number of para-hydroxylation sites is 1. The predicted molar refractivity (Wildman–Crippen MR) is 127 cm³/mol. The van der Waals surface area contributed by atoms with Gasteiger partial charge in [0.05, 0.1) is 19.2 Å². The van der Waals surface area contributed by atoms with Gasteiger partial charge in [0.1, 0.15) is 17.9 Å². The molecule has 0 saturated carbocycles. The molecular weight excluding hydrogens is 412 g/mol. The first-order valence-electron chi connectivity index (χ1n) is 11.0. The standard InChI is InChI=1S/C27H24N4O2/c1-4-32-27-30-25-17(2)11-12-29-26(25)31(27)15-19-9-10-21-20(13-19)16-33-23-8-6-5-7-22(23)24(21)18(3)14-28/h5-13H,4,15-16H2,1-3H3. The summed E-state index contributed by atoms with van der Waals surface area (Å²) in [7, 11) is 0. The molecule has 6 heteroatoms. The van der Waals surface area contributed by atoms with E-state index in [9.17, 15) is 5.26 Å². The molecule has 0 fully saturated rings. The Kier molecular flexibility index (Phi) is 5.31. The molecule has 0 unspecified atom stereocenters. The van der Waals surface area contributed by atoms with Crippen LogP contribution in [0.2, 0.25) is 0 Å². The summed E-state index contributed by atoms with van der Waals surface area (Å²) in [5.74, 6) is 0.791. The van der Waals surface area contributed by atoms with Gasteiger partial charge in [-0.1, -0.05) is 30.3 Å². The number of pyridine rings is 1. The van der Waals surface area contributed by atoms with E-state index in [4.69, 9.17) is 9.47 Å². The number of aromatic nitrogens is 3. The van der Waals surface area contributed by atoms with Crippen molar-refractivity contribution in [2.45, 2.75) is 33.9 Å². The quantitative estimate of drug-likeness (QED) is 0.399. The van der Waals surface area contributed by atoms with Crippen molar-refractivity contribution < 1.29 is 9.47 Å². The Bertz CT molecular complexity index is 1440. The number of aryl methyl sites for hydroxylation is 1. The summed E-state index contributed by atoms with van der Waals surface area (Å²) in [6.07, 6.45) is 1.80. The first kappa shape index (κ1) is 20.8. The lowest BCUT2D eigenvalue weighted by Crippen LogP contribution is -2.07. The van der Waals surface area contributed by atoms with E-state index in [0.29, 0.717) is 31.3 Å². The van der Waals surface area contributed by atoms with Gasteiger partial charge in [-0.05, 0) is 61.2 Å². The molecule has 0 amide bonds. The van der Waals surface area contributed by atoms with Crippen LogP contribution in [0, 0.1) is 18.3 Å². The lowest BCUT2D eigenvalue weighted by atomic mass is 9.90. The first-order valence-corrected chi connectivity index (χ1v) is 11.0. The van der Waals surface area contributed by atoms with Crippen LogP contribution in [0.4, 0.5) is 0 Å². The highest BCUT2D eigenvalue weighted by atomic mass is 16.5. The largest absolute Gasteiger partial charge is 0.488 e. The third kappa shape index (κ3) is 3.62. The summed E-state index contributed by atoms with van der Waals surface area (Å²) < 4.78 is 14.0. The van der Waals surface area contributed by atoms with Crippen LogP contribution in [-0.2, 0) is 13.2 Å². The maximum absolute atomic E-state index is 9.68. The summed E-state index contributed by atoms with van der Waals surface area (Å²) >= 11 is 0. The molecule has 5 rings (SSSR count). The SMILES string of the molecule is CCOc1nc2c(C)ccnc2n1Cc1ccc2c(c1)COc1ccccc1C2=C(C)C#N. The fraction of sp³-hybridized carbons (Fsp3) is 0.222. The number of fused-ring (bicyclic) bond motifs is 3. The van der Waals surface area contributed by atoms with Crippen LogP contribution in [0.1, 0.15) is 41.7 Å². The Hall–Kier alpha value is -4.11. The molecule has 0 N–H and O–H groups in total. The van der Waals surface area contributed by atoms with Crippen molar-refractivity contribution in [2.75, 3.05) is 6.61 Å². The maximum Gasteiger partial charge on any atom is 0.298 e. The van der Waals surface area contributed by atoms with Gasteiger partial charge in [0.2, 0.25) is 0 Å². The minimum absolute atomic E-state index is 0.433. The minimum Gasteiger partial charge on any atom is -0.488 e. The zero-order valence-corrected chi connectivity index (χ0v) is 18.9. The molecule has 3 heterocycles. The number of benzene rings is 2. The second kappa shape index (κ2) is 8.44. The molecule has 0 atom stereocenters. The highest BCUT2D eigenvalue weighted by Crippen LogP contribution is 2.39. The first-order chi connectivity index (χ1) is 16.1. The van der Waals surface area contributed by atoms with E-state index in [2.05, 4.69) is 34.2 Å². The third-order valence-electron chi connectivity index (χ3n) is 5.94. The highest BCUT2D eigenvalue weighted by molar-refractivity contribution is 5.88. The molecule has 33 heavy (non-hydrogen) atoms. The van der Waals surface area contributed by atoms with Crippen molar-refractivity contribution in [3.63, 3.8) is 0 Å². The van der Waals surface area contributed by atoms with Crippen molar-refractivity contribution in [3.8, 4) is 17.8 Å². The molecular formula is C27H24N4O2. The molecule has 2 aromatic heterocycles. The highest BCUT2D eigenvalue weighted by Gasteiger charge is 2.22. The van der Waals surface area contributed by atoms with Crippen LogP contribution < -0.4 is 9.47 Å². The Morgan fingerprint density at radius 1 is 1.18 bits per heavy atom. The summed E-state index contributed by atoms with van der Waals surface area (Å²) in [6.45, 7) is 7.36.